The van der Waals surface area contributed by atoms with Crippen molar-refractivity contribution in [2.24, 2.45) is 5.41 Å². The normalized spacial score (nSPS) is 15.9. The number of halogens is 1. The second kappa shape index (κ2) is 10.6. The number of aromatic nitrogens is 2. The van der Waals surface area contributed by atoms with Crippen molar-refractivity contribution in [2.45, 2.75) is 52.2 Å². The van der Waals surface area contributed by atoms with Gasteiger partial charge in [0.25, 0.3) is 0 Å². The number of rotatable bonds is 9. The number of amides is 1. The molecular weight excluding hydrogens is 477 g/mol. The molecule has 0 atom stereocenters. The van der Waals surface area contributed by atoms with Gasteiger partial charge in [0.05, 0.1) is 12.0 Å². The molecule has 1 N–H and O–H groups in total. The summed E-state index contributed by atoms with van der Waals surface area (Å²) < 4.78 is 28.5. The van der Waals surface area contributed by atoms with Crippen LogP contribution in [0.25, 0.3) is 22.2 Å². The summed E-state index contributed by atoms with van der Waals surface area (Å²) in [6.45, 7) is 11.6. The Bertz CT molecular complexity index is 1220. The second-order valence-electron chi connectivity index (χ2n) is 11.2. The van der Waals surface area contributed by atoms with Crippen LogP contribution in [0.3, 0.4) is 0 Å². The van der Waals surface area contributed by atoms with Gasteiger partial charge >= 0.3 is 6.09 Å². The number of nitrogens with zero attached hydrogens (tertiary/aromatic N) is 3. The number of hydrogen-bond donors (Lipinski definition) is 1. The van der Waals surface area contributed by atoms with E-state index in [1.54, 1.807) is 12.3 Å². The topological polar surface area (TPSA) is 76.8 Å². The summed E-state index contributed by atoms with van der Waals surface area (Å²) in [5.74, 6) is 0.380. The molecule has 9 heteroatoms. The Morgan fingerprint density at radius 3 is 2.64 bits per heavy atom. The summed E-state index contributed by atoms with van der Waals surface area (Å²) in [7, 11) is -1.20. The first kappa shape index (κ1) is 26.2. The van der Waals surface area contributed by atoms with Gasteiger partial charge in [0, 0.05) is 51.1 Å². The number of piperidine rings is 1. The summed E-state index contributed by atoms with van der Waals surface area (Å²) >= 11 is 0. The van der Waals surface area contributed by atoms with Gasteiger partial charge in [0.15, 0.2) is 0 Å². The molecule has 3 heterocycles. The van der Waals surface area contributed by atoms with Gasteiger partial charge < -0.3 is 24.0 Å². The van der Waals surface area contributed by atoms with Crippen molar-refractivity contribution in [1.29, 1.82) is 0 Å². The molecule has 0 bridgehead atoms. The molecule has 36 heavy (non-hydrogen) atoms. The highest BCUT2D eigenvalue weighted by atomic mass is 28.3. The van der Waals surface area contributed by atoms with Crippen LogP contribution in [0, 0.1) is 11.2 Å². The van der Waals surface area contributed by atoms with Gasteiger partial charge in [0.1, 0.15) is 23.9 Å². The summed E-state index contributed by atoms with van der Waals surface area (Å²) in [4.78, 5) is 17.4. The molecule has 0 spiro atoms. The van der Waals surface area contributed by atoms with E-state index in [2.05, 4.69) is 31.5 Å². The van der Waals surface area contributed by atoms with Gasteiger partial charge in [-0.3, -0.25) is 0 Å². The third-order valence-corrected chi connectivity index (χ3v) is 8.60. The molecule has 1 amide bonds. The minimum Gasteiger partial charge on any atom is -0.492 e. The average molecular weight is 514 g/mol. The molecule has 3 aromatic rings. The molecule has 1 aliphatic heterocycles. The van der Waals surface area contributed by atoms with Gasteiger partial charge in [-0.2, -0.15) is 0 Å². The first-order valence-electron chi connectivity index (χ1n) is 12.5. The van der Waals surface area contributed by atoms with Crippen molar-refractivity contribution >= 4 is 25.2 Å². The predicted octanol–water partition coefficient (Wildman–Crippen LogP) is 6.31. The fourth-order valence-corrected chi connectivity index (χ4v) is 5.21. The van der Waals surface area contributed by atoms with E-state index >= 15 is 0 Å². The largest absolute Gasteiger partial charge is 0.492 e. The Labute approximate surface area is 212 Å². The van der Waals surface area contributed by atoms with Gasteiger partial charge in [-0.1, -0.05) is 38.7 Å². The van der Waals surface area contributed by atoms with Crippen LogP contribution in [0.2, 0.25) is 25.7 Å². The summed E-state index contributed by atoms with van der Waals surface area (Å²) in [5, 5.41) is 10.1. The SMILES string of the molecule is CC1(COc2ccnc3c2c(-c2cccc(F)c2)cn3COCC[Si](C)(C)C)CCN(C(=O)O)CC1. The molecule has 1 fully saturated rings. The van der Waals surface area contributed by atoms with Crippen LogP contribution >= 0.6 is 0 Å². The Kier molecular flexibility index (Phi) is 7.70. The molecule has 1 aliphatic rings. The number of hydrogen-bond acceptors (Lipinski definition) is 4. The van der Waals surface area contributed by atoms with Crippen LogP contribution in [0.5, 0.6) is 5.75 Å². The van der Waals surface area contributed by atoms with Crippen molar-refractivity contribution in [3.8, 4) is 16.9 Å². The number of benzene rings is 1. The molecule has 194 valence electrons. The van der Waals surface area contributed by atoms with E-state index in [9.17, 15) is 14.3 Å². The van der Waals surface area contributed by atoms with Crippen molar-refractivity contribution < 1.29 is 23.8 Å². The molecule has 0 aliphatic carbocycles. The maximum absolute atomic E-state index is 14.1. The Balaban J connectivity index is 1.61. The Hall–Kier alpha value is -2.91. The minimum absolute atomic E-state index is 0.136. The highest BCUT2D eigenvalue weighted by molar-refractivity contribution is 6.76. The van der Waals surface area contributed by atoms with Crippen molar-refractivity contribution in [3.05, 3.63) is 48.5 Å². The average Bonchev–Trinajstić information content (AvgIpc) is 3.20. The molecule has 2 aromatic heterocycles. The van der Waals surface area contributed by atoms with E-state index in [1.807, 2.05) is 22.9 Å². The molecule has 0 radical (unpaired) electrons. The standard InChI is InChI=1S/C27H36FN3O4Si/c1-27(9-12-30(13-10-27)26(32)33)18-35-23-8-11-29-25-24(23)22(20-6-5-7-21(28)16-20)17-31(25)19-34-14-15-36(2,3)4/h5-8,11,16-17H,9-10,12-15,18-19H2,1-4H3,(H,32,33). The maximum atomic E-state index is 14.1. The van der Waals surface area contributed by atoms with Crippen molar-refractivity contribution in [2.75, 3.05) is 26.3 Å². The van der Waals surface area contributed by atoms with Crippen LogP contribution in [-0.2, 0) is 11.5 Å². The molecule has 1 saturated heterocycles. The van der Waals surface area contributed by atoms with E-state index in [0.29, 0.717) is 38.8 Å². The smallest absolute Gasteiger partial charge is 0.407 e. The monoisotopic (exact) mass is 513 g/mol. The molecular formula is C27H36FN3O4Si. The lowest BCUT2D eigenvalue weighted by Gasteiger charge is -2.37. The van der Waals surface area contributed by atoms with E-state index in [4.69, 9.17) is 9.47 Å². The summed E-state index contributed by atoms with van der Waals surface area (Å²) in [6.07, 6.45) is 4.27. The second-order valence-corrected chi connectivity index (χ2v) is 16.9. The number of fused-ring (bicyclic) bond motifs is 1. The van der Waals surface area contributed by atoms with Crippen molar-refractivity contribution in [1.82, 2.24) is 14.5 Å². The van der Waals surface area contributed by atoms with E-state index in [0.717, 1.165) is 41.0 Å². The van der Waals surface area contributed by atoms with E-state index in [-0.39, 0.29) is 11.2 Å². The first-order valence-corrected chi connectivity index (χ1v) is 16.2. The van der Waals surface area contributed by atoms with Crippen LogP contribution in [0.1, 0.15) is 19.8 Å². The number of likely N-dealkylation sites (tertiary alicyclic amines) is 1. The zero-order valence-electron chi connectivity index (χ0n) is 21.6. The van der Waals surface area contributed by atoms with Crippen LogP contribution in [0.15, 0.2) is 42.7 Å². The van der Waals surface area contributed by atoms with Gasteiger partial charge in [-0.15, -0.1) is 0 Å². The minimum atomic E-state index is -1.20. The van der Waals surface area contributed by atoms with Gasteiger partial charge in [-0.25, -0.2) is 14.2 Å². The zero-order chi connectivity index (χ0) is 25.9. The number of carboxylic acid groups (broad SMARTS) is 1. The molecule has 0 unspecified atom stereocenters. The Morgan fingerprint density at radius 1 is 1.22 bits per heavy atom. The third-order valence-electron chi connectivity index (χ3n) is 6.90. The van der Waals surface area contributed by atoms with Crippen LogP contribution < -0.4 is 4.74 Å². The Morgan fingerprint density at radius 2 is 1.97 bits per heavy atom. The number of ether oxygens (including phenoxy) is 2. The van der Waals surface area contributed by atoms with Crippen molar-refractivity contribution in [3.63, 3.8) is 0 Å². The van der Waals surface area contributed by atoms with E-state index < -0.39 is 14.2 Å². The highest BCUT2D eigenvalue weighted by Crippen LogP contribution is 2.38. The summed E-state index contributed by atoms with van der Waals surface area (Å²) in [5.41, 5.74) is 2.18. The van der Waals surface area contributed by atoms with E-state index in [1.165, 1.54) is 17.0 Å². The molecule has 4 rings (SSSR count). The molecule has 0 saturated carbocycles. The fourth-order valence-electron chi connectivity index (χ4n) is 4.46. The lowest BCUT2D eigenvalue weighted by molar-refractivity contribution is 0.0660. The van der Waals surface area contributed by atoms with Gasteiger partial charge in [-0.05, 0) is 42.6 Å². The lowest BCUT2D eigenvalue weighted by atomic mass is 9.81. The first-order chi connectivity index (χ1) is 17.0. The highest BCUT2D eigenvalue weighted by Gasteiger charge is 2.33. The number of carbonyl (C=O) groups is 1. The lowest BCUT2D eigenvalue weighted by Crippen LogP contribution is -2.43. The fraction of sp³-hybridized carbons (Fsp3) is 0.481. The molecule has 1 aromatic carbocycles. The zero-order valence-corrected chi connectivity index (χ0v) is 22.6. The van der Waals surface area contributed by atoms with Crippen LogP contribution in [0.4, 0.5) is 9.18 Å². The summed E-state index contributed by atoms with van der Waals surface area (Å²) in [6, 6.07) is 9.45. The molecule has 7 nitrogen and oxygen atoms in total. The maximum Gasteiger partial charge on any atom is 0.407 e. The third kappa shape index (κ3) is 6.25. The van der Waals surface area contributed by atoms with Crippen LogP contribution in [-0.4, -0.2) is 60.0 Å². The van der Waals surface area contributed by atoms with Gasteiger partial charge in [0.2, 0.25) is 0 Å². The number of pyridine rings is 1. The quantitative estimate of drug-likeness (QED) is 0.268. The predicted molar refractivity (Wildman–Crippen MR) is 142 cm³/mol.